The highest BCUT2D eigenvalue weighted by molar-refractivity contribution is 5.86. The van der Waals surface area contributed by atoms with Crippen molar-refractivity contribution < 1.29 is 39.4 Å². The fourth-order valence-corrected chi connectivity index (χ4v) is 5.95. The molecule has 4 aromatic carbocycles. The summed E-state index contributed by atoms with van der Waals surface area (Å²) in [6.45, 7) is 1.44. The van der Waals surface area contributed by atoms with E-state index in [0.29, 0.717) is 75.1 Å². The molecule has 0 heterocycles. The highest BCUT2D eigenvalue weighted by Crippen LogP contribution is 2.57. The summed E-state index contributed by atoms with van der Waals surface area (Å²) >= 11 is 0. The fourth-order valence-electron chi connectivity index (χ4n) is 5.95. The number of aliphatic hydroxyl groups excluding tert-OH is 4. The van der Waals surface area contributed by atoms with Crippen LogP contribution in [0.3, 0.4) is 0 Å². The van der Waals surface area contributed by atoms with Gasteiger partial charge in [-0.05, 0) is 57.6 Å². The molecule has 8 heteroatoms. The van der Waals surface area contributed by atoms with E-state index in [-0.39, 0.29) is 26.4 Å². The standard InChI is InChI=1S/C37H42O8/c38-13-5-17-42-29-21-27(22-30(25-29)43-18-6-14-39)37(35-11-3-1-9-33(35)34-10-2-4-12-36(34)37)28-23-31(44-19-7-15-40)26-32(24-28)45-20-8-16-41/h1-4,9-12,21-26,38-41H,5-8,13-20H2. The molecule has 1 aliphatic carbocycles. The van der Waals surface area contributed by atoms with E-state index >= 15 is 0 Å². The highest BCUT2D eigenvalue weighted by Gasteiger charge is 2.47. The Morgan fingerprint density at radius 1 is 0.422 bits per heavy atom. The largest absolute Gasteiger partial charge is 0.493 e. The van der Waals surface area contributed by atoms with Crippen molar-refractivity contribution in [1.82, 2.24) is 0 Å². The third-order valence-corrected chi connectivity index (χ3v) is 7.86. The first-order chi connectivity index (χ1) is 22.1. The van der Waals surface area contributed by atoms with Gasteiger partial charge < -0.3 is 39.4 Å². The zero-order valence-electron chi connectivity index (χ0n) is 25.5. The van der Waals surface area contributed by atoms with Gasteiger partial charge in [0.1, 0.15) is 23.0 Å². The molecule has 0 fully saturated rings. The number of rotatable bonds is 18. The average Bonchev–Trinajstić information content (AvgIpc) is 3.36. The smallest absolute Gasteiger partial charge is 0.123 e. The van der Waals surface area contributed by atoms with Crippen LogP contribution in [0.15, 0.2) is 84.9 Å². The van der Waals surface area contributed by atoms with Gasteiger partial charge in [0.25, 0.3) is 0 Å². The lowest BCUT2D eigenvalue weighted by Gasteiger charge is -2.35. The van der Waals surface area contributed by atoms with Gasteiger partial charge in [0, 0.05) is 64.2 Å². The van der Waals surface area contributed by atoms with Crippen LogP contribution in [0.4, 0.5) is 0 Å². The predicted octanol–water partition coefficient (Wildman–Crippen LogP) is 5.09. The first-order valence-electron chi connectivity index (χ1n) is 15.6. The SMILES string of the molecule is OCCCOc1cc(OCCCO)cc(C2(c3cc(OCCCO)cc(OCCCO)c3)c3ccccc3-c3ccccc32)c1. The van der Waals surface area contributed by atoms with Crippen LogP contribution in [-0.4, -0.2) is 73.3 Å². The van der Waals surface area contributed by atoms with Gasteiger partial charge in [-0.3, -0.25) is 0 Å². The molecule has 238 valence electrons. The van der Waals surface area contributed by atoms with Crippen LogP contribution < -0.4 is 18.9 Å². The van der Waals surface area contributed by atoms with Crippen molar-refractivity contribution in [1.29, 1.82) is 0 Å². The van der Waals surface area contributed by atoms with Gasteiger partial charge in [0.05, 0.1) is 31.8 Å². The number of fused-ring (bicyclic) bond motifs is 3. The second-order valence-corrected chi connectivity index (χ2v) is 10.9. The number of hydrogen-bond acceptors (Lipinski definition) is 8. The summed E-state index contributed by atoms with van der Waals surface area (Å²) in [4.78, 5) is 0. The summed E-state index contributed by atoms with van der Waals surface area (Å²) < 4.78 is 24.6. The minimum Gasteiger partial charge on any atom is -0.493 e. The molecular formula is C37H42O8. The van der Waals surface area contributed by atoms with Gasteiger partial charge in [-0.15, -0.1) is 0 Å². The molecule has 45 heavy (non-hydrogen) atoms. The molecule has 5 rings (SSSR count). The number of hydrogen-bond donors (Lipinski definition) is 4. The lowest BCUT2D eigenvalue weighted by atomic mass is 9.67. The van der Waals surface area contributed by atoms with Gasteiger partial charge in [0.2, 0.25) is 0 Å². The maximum atomic E-state index is 9.40. The van der Waals surface area contributed by atoms with Crippen molar-refractivity contribution in [3.63, 3.8) is 0 Å². The molecule has 0 bridgehead atoms. The van der Waals surface area contributed by atoms with E-state index in [1.54, 1.807) is 0 Å². The van der Waals surface area contributed by atoms with Gasteiger partial charge in [0.15, 0.2) is 0 Å². The first kappa shape index (κ1) is 32.3. The zero-order chi connectivity index (χ0) is 31.5. The van der Waals surface area contributed by atoms with E-state index in [1.165, 1.54) is 0 Å². The van der Waals surface area contributed by atoms with Crippen molar-refractivity contribution >= 4 is 0 Å². The molecule has 0 amide bonds. The summed E-state index contributed by atoms with van der Waals surface area (Å²) in [5, 5.41) is 37.6. The molecule has 0 aliphatic heterocycles. The normalized spacial score (nSPS) is 12.8. The third kappa shape index (κ3) is 7.10. The molecule has 4 N–H and O–H groups in total. The molecular weight excluding hydrogens is 572 g/mol. The second kappa shape index (κ2) is 15.8. The zero-order valence-corrected chi connectivity index (χ0v) is 25.5. The van der Waals surface area contributed by atoms with E-state index < -0.39 is 5.41 Å². The molecule has 0 radical (unpaired) electrons. The van der Waals surface area contributed by atoms with Crippen LogP contribution >= 0.6 is 0 Å². The van der Waals surface area contributed by atoms with Crippen LogP contribution in [0, 0.1) is 0 Å². The van der Waals surface area contributed by atoms with E-state index in [4.69, 9.17) is 18.9 Å². The van der Waals surface area contributed by atoms with E-state index in [2.05, 4.69) is 24.3 Å². The Hall–Kier alpha value is -4.08. The van der Waals surface area contributed by atoms with Crippen LogP contribution in [0.25, 0.3) is 11.1 Å². The summed E-state index contributed by atoms with van der Waals surface area (Å²) in [7, 11) is 0. The van der Waals surface area contributed by atoms with Crippen LogP contribution in [0.1, 0.15) is 47.9 Å². The topological polar surface area (TPSA) is 118 Å². The lowest BCUT2D eigenvalue weighted by Crippen LogP contribution is -2.29. The van der Waals surface area contributed by atoms with Crippen molar-refractivity contribution in [3.05, 3.63) is 107 Å². The number of benzene rings is 4. The minimum atomic E-state index is -0.829. The van der Waals surface area contributed by atoms with Crippen LogP contribution in [0.5, 0.6) is 23.0 Å². The maximum absolute atomic E-state index is 9.40. The average molecular weight is 615 g/mol. The first-order valence-corrected chi connectivity index (χ1v) is 15.6. The summed E-state index contributed by atoms with van der Waals surface area (Å²) in [6.07, 6.45) is 1.96. The van der Waals surface area contributed by atoms with Crippen molar-refractivity contribution in [3.8, 4) is 34.1 Å². The Bertz CT molecular complexity index is 1360. The van der Waals surface area contributed by atoms with E-state index in [1.807, 2.05) is 60.7 Å². The Morgan fingerprint density at radius 3 is 1.04 bits per heavy atom. The highest BCUT2D eigenvalue weighted by atomic mass is 16.5. The lowest BCUT2D eigenvalue weighted by molar-refractivity contribution is 0.227. The molecule has 1 aliphatic rings. The number of ether oxygens (including phenoxy) is 4. The summed E-state index contributed by atoms with van der Waals surface area (Å²) in [6, 6.07) is 28.5. The molecule has 0 unspecified atom stereocenters. The Morgan fingerprint density at radius 2 is 0.733 bits per heavy atom. The molecule has 0 saturated heterocycles. The predicted molar refractivity (Wildman–Crippen MR) is 173 cm³/mol. The van der Waals surface area contributed by atoms with Crippen molar-refractivity contribution in [2.75, 3.05) is 52.9 Å². The van der Waals surface area contributed by atoms with Gasteiger partial charge in [-0.25, -0.2) is 0 Å². The fraction of sp³-hybridized carbons (Fsp3) is 0.351. The molecule has 0 spiro atoms. The second-order valence-electron chi connectivity index (χ2n) is 10.9. The monoisotopic (exact) mass is 614 g/mol. The van der Waals surface area contributed by atoms with Gasteiger partial charge in [-0.1, -0.05) is 48.5 Å². The van der Waals surface area contributed by atoms with E-state index in [0.717, 1.165) is 33.4 Å². The summed E-state index contributed by atoms with van der Waals surface area (Å²) in [5.74, 6) is 2.43. The summed E-state index contributed by atoms with van der Waals surface area (Å²) in [5.41, 5.74) is 5.36. The van der Waals surface area contributed by atoms with Gasteiger partial charge >= 0.3 is 0 Å². The van der Waals surface area contributed by atoms with Crippen LogP contribution in [0.2, 0.25) is 0 Å². The Balaban J connectivity index is 1.78. The van der Waals surface area contributed by atoms with Crippen LogP contribution in [-0.2, 0) is 5.41 Å². The molecule has 4 aromatic rings. The minimum absolute atomic E-state index is 0.0202. The Labute approximate surface area is 264 Å². The van der Waals surface area contributed by atoms with E-state index in [9.17, 15) is 20.4 Å². The van der Waals surface area contributed by atoms with Crippen molar-refractivity contribution in [2.45, 2.75) is 31.1 Å². The van der Waals surface area contributed by atoms with Crippen molar-refractivity contribution in [2.24, 2.45) is 0 Å². The molecule has 8 nitrogen and oxygen atoms in total. The third-order valence-electron chi connectivity index (χ3n) is 7.86. The molecule has 0 aromatic heterocycles. The molecule has 0 atom stereocenters. The number of aliphatic hydroxyl groups is 4. The Kier molecular flexibility index (Phi) is 11.3. The quantitative estimate of drug-likeness (QED) is 0.101. The maximum Gasteiger partial charge on any atom is 0.123 e. The van der Waals surface area contributed by atoms with Gasteiger partial charge in [-0.2, -0.15) is 0 Å². The molecule has 0 saturated carbocycles.